The molecule has 0 aromatic heterocycles. The summed E-state index contributed by atoms with van der Waals surface area (Å²) < 4.78 is 5.34. The van der Waals surface area contributed by atoms with Crippen LogP contribution in [0.25, 0.3) is 0 Å². The average molecular weight is 260 g/mol. The maximum atomic E-state index is 11.9. The normalized spacial score (nSPS) is 25.0. The van der Waals surface area contributed by atoms with Gasteiger partial charge in [-0.25, -0.2) is 0 Å². The average Bonchev–Trinajstić information content (AvgIpc) is 3.01. The number of carbonyl (C=O) groups is 2. The molecule has 5 nitrogen and oxygen atoms in total. The van der Waals surface area contributed by atoms with E-state index in [1.165, 1.54) is 0 Å². The Morgan fingerprint density at radius 1 is 1.47 bits per heavy atom. The first-order chi connectivity index (χ1) is 9.15. The van der Waals surface area contributed by atoms with Crippen molar-refractivity contribution in [3.63, 3.8) is 0 Å². The molecule has 19 heavy (non-hydrogen) atoms. The van der Waals surface area contributed by atoms with Gasteiger partial charge in [0.05, 0.1) is 5.92 Å². The summed E-state index contributed by atoms with van der Waals surface area (Å²) in [6.45, 7) is 2.50. The highest BCUT2D eigenvalue weighted by Crippen LogP contribution is 2.34. The zero-order chi connectivity index (χ0) is 13.4. The van der Waals surface area contributed by atoms with E-state index < -0.39 is 0 Å². The van der Waals surface area contributed by atoms with Crippen LogP contribution in [0.5, 0.6) is 0 Å². The fraction of sp³-hybridized carbons (Fsp3) is 0.429. The van der Waals surface area contributed by atoms with Crippen LogP contribution in [0.1, 0.15) is 31.2 Å². The van der Waals surface area contributed by atoms with E-state index in [2.05, 4.69) is 10.6 Å². The van der Waals surface area contributed by atoms with Gasteiger partial charge in [0, 0.05) is 18.0 Å². The van der Waals surface area contributed by atoms with Gasteiger partial charge in [-0.05, 0) is 43.5 Å². The Kier molecular flexibility index (Phi) is 2.98. The summed E-state index contributed by atoms with van der Waals surface area (Å²) in [6.07, 6.45) is 1.36. The van der Waals surface area contributed by atoms with E-state index in [9.17, 15) is 9.59 Å². The van der Waals surface area contributed by atoms with Gasteiger partial charge in [0.15, 0.2) is 0 Å². The molecule has 2 N–H and O–H groups in total. The molecule has 0 saturated carbocycles. The predicted molar refractivity (Wildman–Crippen MR) is 71.1 cm³/mol. The summed E-state index contributed by atoms with van der Waals surface area (Å²) in [5.74, 6) is -0.283. The molecule has 1 saturated heterocycles. The molecule has 2 unspecified atom stereocenters. The molecular weight excluding hydrogens is 244 g/mol. The van der Waals surface area contributed by atoms with E-state index >= 15 is 0 Å². The zero-order valence-corrected chi connectivity index (χ0v) is 10.7. The van der Waals surface area contributed by atoms with E-state index in [1.54, 1.807) is 6.07 Å². The molecule has 2 atom stereocenters. The Balaban J connectivity index is 1.76. The monoisotopic (exact) mass is 260 g/mol. The Morgan fingerprint density at radius 3 is 3.05 bits per heavy atom. The number of nitrogens with one attached hydrogen (secondary N) is 2. The highest BCUT2D eigenvalue weighted by atomic mass is 16.5. The third-order valence-corrected chi connectivity index (χ3v) is 3.66. The molecule has 5 heteroatoms. The van der Waals surface area contributed by atoms with Crippen LogP contribution >= 0.6 is 0 Å². The lowest BCUT2D eigenvalue weighted by Crippen LogP contribution is -2.26. The standard InChI is InChI=1S/C14H16N2O3/c1-8-10-7-9(4-5-11(10)16-13(8)17)15-14(18)12-3-2-6-19-12/h4-5,7-8,12H,2-3,6H2,1H3,(H,15,18)(H,16,17). The van der Waals surface area contributed by atoms with Crippen LogP contribution in [0, 0.1) is 0 Å². The van der Waals surface area contributed by atoms with E-state index in [0.29, 0.717) is 12.3 Å². The minimum absolute atomic E-state index is 0.00222. The van der Waals surface area contributed by atoms with E-state index in [0.717, 1.165) is 24.1 Å². The summed E-state index contributed by atoms with van der Waals surface area (Å²) in [6, 6.07) is 5.47. The molecule has 1 aromatic carbocycles. The first kappa shape index (κ1) is 12.2. The molecule has 1 aromatic rings. The smallest absolute Gasteiger partial charge is 0.253 e. The second-order valence-corrected chi connectivity index (χ2v) is 5.00. The van der Waals surface area contributed by atoms with Gasteiger partial charge in [-0.15, -0.1) is 0 Å². The van der Waals surface area contributed by atoms with Gasteiger partial charge >= 0.3 is 0 Å². The molecule has 0 radical (unpaired) electrons. The topological polar surface area (TPSA) is 67.4 Å². The Labute approximate surface area is 111 Å². The number of rotatable bonds is 2. The van der Waals surface area contributed by atoms with Crippen LogP contribution in [0.2, 0.25) is 0 Å². The summed E-state index contributed by atoms with van der Waals surface area (Å²) in [5.41, 5.74) is 2.46. The van der Waals surface area contributed by atoms with Crippen molar-refractivity contribution in [1.82, 2.24) is 0 Å². The molecule has 2 aliphatic heterocycles. The predicted octanol–water partition coefficient (Wildman–Crippen LogP) is 1.86. The molecule has 2 heterocycles. The summed E-state index contributed by atoms with van der Waals surface area (Å²) in [5, 5.41) is 5.65. The molecule has 1 fully saturated rings. The van der Waals surface area contributed by atoms with Crippen molar-refractivity contribution < 1.29 is 14.3 Å². The molecule has 3 rings (SSSR count). The van der Waals surface area contributed by atoms with Gasteiger partial charge in [-0.3, -0.25) is 9.59 Å². The third kappa shape index (κ3) is 2.21. The van der Waals surface area contributed by atoms with Crippen molar-refractivity contribution in [2.24, 2.45) is 0 Å². The van der Waals surface area contributed by atoms with Crippen LogP contribution in [0.4, 0.5) is 11.4 Å². The number of anilines is 2. The zero-order valence-electron chi connectivity index (χ0n) is 10.7. The SMILES string of the molecule is CC1C(=O)Nc2ccc(NC(=O)C3CCCO3)cc21. The fourth-order valence-corrected chi connectivity index (χ4v) is 2.50. The number of amides is 2. The largest absolute Gasteiger partial charge is 0.368 e. The van der Waals surface area contributed by atoms with Gasteiger partial charge in [-0.2, -0.15) is 0 Å². The van der Waals surface area contributed by atoms with Crippen LogP contribution in [0.3, 0.4) is 0 Å². The lowest BCUT2D eigenvalue weighted by molar-refractivity contribution is -0.124. The highest BCUT2D eigenvalue weighted by Gasteiger charge is 2.27. The lowest BCUT2D eigenvalue weighted by atomic mass is 10.0. The van der Waals surface area contributed by atoms with Gasteiger partial charge in [0.1, 0.15) is 6.10 Å². The first-order valence-corrected chi connectivity index (χ1v) is 6.52. The van der Waals surface area contributed by atoms with Crippen LogP contribution in [-0.4, -0.2) is 24.5 Å². The second-order valence-electron chi connectivity index (χ2n) is 5.00. The minimum atomic E-state index is -0.342. The van der Waals surface area contributed by atoms with Crippen molar-refractivity contribution in [2.45, 2.75) is 31.8 Å². The minimum Gasteiger partial charge on any atom is -0.368 e. The summed E-state index contributed by atoms with van der Waals surface area (Å²) >= 11 is 0. The van der Waals surface area contributed by atoms with Gasteiger partial charge in [0.25, 0.3) is 5.91 Å². The number of fused-ring (bicyclic) bond motifs is 1. The van der Waals surface area contributed by atoms with Crippen molar-refractivity contribution in [1.29, 1.82) is 0 Å². The number of hydrogen-bond donors (Lipinski definition) is 2. The van der Waals surface area contributed by atoms with Crippen LogP contribution in [0.15, 0.2) is 18.2 Å². The quantitative estimate of drug-likeness (QED) is 0.853. The lowest BCUT2D eigenvalue weighted by Gasteiger charge is -2.11. The summed E-state index contributed by atoms with van der Waals surface area (Å²) in [4.78, 5) is 23.5. The molecule has 2 amide bonds. The van der Waals surface area contributed by atoms with Crippen molar-refractivity contribution in [3.8, 4) is 0 Å². The van der Waals surface area contributed by atoms with Crippen LogP contribution < -0.4 is 10.6 Å². The van der Waals surface area contributed by atoms with E-state index in [-0.39, 0.29) is 23.8 Å². The Hall–Kier alpha value is -1.88. The van der Waals surface area contributed by atoms with Crippen LogP contribution in [-0.2, 0) is 14.3 Å². The van der Waals surface area contributed by atoms with Gasteiger partial charge in [0.2, 0.25) is 5.91 Å². The maximum absolute atomic E-state index is 11.9. The highest BCUT2D eigenvalue weighted by molar-refractivity contribution is 6.03. The third-order valence-electron chi connectivity index (χ3n) is 3.66. The molecular formula is C14H16N2O3. The number of benzene rings is 1. The van der Waals surface area contributed by atoms with E-state index in [4.69, 9.17) is 4.74 Å². The molecule has 0 spiro atoms. The maximum Gasteiger partial charge on any atom is 0.253 e. The molecule has 0 bridgehead atoms. The van der Waals surface area contributed by atoms with Crippen molar-refractivity contribution >= 4 is 23.2 Å². The summed E-state index contributed by atoms with van der Waals surface area (Å²) in [7, 11) is 0. The fourth-order valence-electron chi connectivity index (χ4n) is 2.50. The van der Waals surface area contributed by atoms with Crippen molar-refractivity contribution in [2.75, 3.05) is 17.2 Å². The van der Waals surface area contributed by atoms with Gasteiger partial charge < -0.3 is 15.4 Å². The first-order valence-electron chi connectivity index (χ1n) is 6.52. The Morgan fingerprint density at radius 2 is 2.32 bits per heavy atom. The van der Waals surface area contributed by atoms with E-state index in [1.807, 2.05) is 19.1 Å². The molecule has 100 valence electrons. The van der Waals surface area contributed by atoms with Gasteiger partial charge in [-0.1, -0.05) is 0 Å². The molecule has 2 aliphatic rings. The number of ether oxygens (including phenoxy) is 1. The molecule has 0 aliphatic carbocycles. The number of carbonyl (C=O) groups excluding carboxylic acids is 2. The van der Waals surface area contributed by atoms with Crippen molar-refractivity contribution in [3.05, 3.63) is 23.8 Å². The second kappa shape index (κ2) is 4.66. The number of hydrogen-bond acceptors (Lipinski definition) is 3. The Bertz CT molecular complexity index is 535.